The first-order valence-electron chi connectivity index (χ1n) is 9.34. The molecule has 1 amide bonds. The lowest BCUT2D eigenvalue weighted by molar-refractivity contribution is -0.119. The van der Waals surface area contributed by atoms with Gasteiger partial charge in [0, 0.05) is 4.88 Å². The molecular weight excluding hydrogens is 408 g/mol. The number of hydrogen-bond acceptors (Lipinski definition) is 8. The summed E-state index contributed by atoms with van der Waals surface area (Å²) in [6, 6.07) is 5.08. The van der Waals surface area contributed by atoms with Crippen LogP contribution < -0.4 is 19.5 Å². The van der Waals surface area contributed by atoms with E-state index in [4.69, 9.17) is 18.9 Å². The van der Waals surface area contributed by atoms with Crippen LogP contribution in [-0.4, -0.2) is 39.8 Å². The van der Waals surface area contributed by atoms with E-state index in [2.05, 4.69) is 11.4 Å². The van der Waals surface area contributed by atoms with Crippen LogP contribution in [0.15, 0.2) is 12.1 Å². The number of esters is 1. The molecule has 1 N–H and O–H groups in total. The molecule has 0 atom stereocenters. The van der Waals surface area contributed by atoms with Gasteiger partial charge in [0.2, 0.25) is 5.75 Å². The SMILES string of the molecule is COc1cc(C(=O)OCC(=O)Nc2sc3c(c2C#N)CCCC3)cc(OC)c1OC. The Kier molecular flexibility index (Phi) is 6.79. The average molecular weight is 430 g/mol. The Morgan fingerprint density at radius 2 is 1.77 bits per heavy atom. The summed E-state index contributed by atoms with van der Waals surface area (Å²) in [5.74, 6) is -0.270. The van der Waals surface area contributed by atoms with E-state index in [-0.39, 0.29) is 5.56 Å². The molecule has 0 saturated heterocycles. The number of anilines is 1. The third-order valence-corrected chi connectivity index (χ3v) is 5.98. The van der Waals surface area contributed by atoms with Crippen LogP contribution in [-0.2, 0) is 22.4 Å². The normalized spacial score (nSPS) is 12.3. The Labute approximate surface area is 178 Å². The number of carbonyl (C=O) groups excluding carboxylic acids is 2. The predicted octanol–water partition coefficient (Wildman–Crippen LogP) is 3.32. The van der Waals surface area contributed by atoms with Gasteiger partial charge in [0.15, 0.2) is 18.1 Å². The molecule has 1 heterocycles. The van der Waals surface area contributed by atoms with Gasteiger partial charge in [-0.3, -0.25) is 4.79 Å². The maximum absolute atomic E-state index is 12.4. The largest absolute Gasteiger partial charge is 0.493 e. The summed E-state index contributed by atoms with van der Waals surface area (Å²) in [5, 5.41) is 12.7. The zero-order valence-electron chi connectivity index (χ0n) is 17.0. The molecule has 1 aliphatic rings. The fourth-order valence-corrected chi connectivity index (χ4v) is 4.60. The summed E-state index contributed by atoms with van der Waals surface area (Å²) >= 11 is 1.42. The second kappa shape index (κ2) is 9.50. The van der Waals surface area contributed by atoms with Crippen molar-refractivity contribution in [1.82, 2.24) is 0 Å². The minimum Gasteiger partial charge on any atom is -0.493 e. The van der Waals surface area contributed by atoms with Crippen LogP contribution >= 0.6 is 11.3 Å². The predicted molar refractivity (Wildman–Crippen MR) is 111 cm³/mol. The first-order valence-corrected chi connectivity index (χ1v) is 10.2. The van der Waals surface area contributed by atoms with E-state index in [1.54, 1.807) is 0 Å². The third kappa shape index (κ3) is 4.33. The molecule has 0 bridgehead atoms. The molecule has 0 fully saturated rings. The Balaban J connectivity index is 1.68. The van der Waals surface area contributed by atoms with Crippen molar-refractivity contribution in [3.8, 4) is 23.3 Å². The lowest BCUT2D eigenvalue weighted by atomic mass is 9.96. The molecule has 0 radical (unpaired) electrons. The zero-order chi connectivity index (χ0) is 21.7. The molecule has 2 aromatic rings. The van der Waals surface area contributed by atoms with E-state index in [9.17, 15) is 14.9 Å². The topological polar surface area (TPSA) is 107 Å². The number of carbonyl (C=O) groups is 2. The van der Waals surface area contributed by atoms with Crippen molar-refractivity contribution in [2.24, 2.45) is 0 Å². The van der Waals surface area contributed by atoms with Crippen molar-refractivity contribution in [2.75, 3.05) is 33.3 Å². The maximum atomic E-state index is 12.4. The Morgan fingerprint density at radius 1 is 1.10 bits per heavy atom. The molecule has 1 aromatic carbocycles. The first kappa shape index (κ1) is 21.5. The van der Waals surface area contributed by atoms with Crippen molar-refractivity contribution >= 4 is 28.2 Å². The van der Waals surface area contributed by atoms with Crippen LogP contribution in [0.5, 0.6) is 17.2 Å². The van der Waals surface area contributed by atoms with Crippen LogP contribution in [0.4, 0.5) is 5.00 Å². The minimum absolute atomic E-state index is 0.154. The van der Waals surface area contributed by atoms with Crippen LogP contribution in [0.25, 0.3) is 0 Å². The number of thiophene rings is 1. The summed E-state index contributed by atoms with van der Waals surface area (Å²) in [7, 11) is 4.33. The van der Waals surface area contributed by atoms with Crippen molar-refractivity contribution in [3.05, 3.63) is 33.7 Å². The molecule has 158 valence electrons. The molecule has 3 rings (SSSR count). The van der Waals surface area contributed by atoms with Gasteiger partial charge in [-0.15, -0.1) is 11.3 Å². The number of fused-ring (bicyclic) bond motifs is 1. The molecular formula is C21H22N2O6S. The molecule has 0 saturated carbocycles. The standard InChI is InChI=1S/C21H22N2O6S/c1-26-15-8-12(9-16(27-2)19(15)28-3)21(25)29-11-18(24)23-20-14(10-22)13-6-4-5-7-17(13)30-20/h8-9H,4-7,11H2,1-3H3,(H,23,24). The first-order chi connectivity index (χ1) is 14.5. The Morgan fingerprint density at radius 3 is 2.37 bits per heavy atom. The Hall–Kier alpha value is -3.25. The number of methoxy groups -OCH3 is 3. The second-order valence-electron chi connectivity index (χ2n) is 6.57. The van der Waals surface area contributed by atoms with Crippen LogP contribution in [0.3, 0.4) is 0 Å². The highest BCUT2D eigenvalue weighted by atomic mass is 32.1. The van der Waals surface area contributed by atoms with Gasteiger partial charge < -0.3 is 24.3 Å². The van der Waals surface area contributed by atoms with Gasteiger partial charge in [0.05, 0.1) is 32.5 Å². The summed E-state index contributed by atoms with van der Waals surface area (Å²) in [4.78, 5) is 25.9. The highest BCUT2D eigenvalue weighted by molar-refractivity contribution is 7.16. The summed E-state index contributed by atoms with van der Waals surface area (Å²) in [6.07, 6.45) is 3.89. The number of benzene rings is 1. The number of nitrogens with zero attached hydrogens (tertiary/aromatic N) is 1. The van der Waals surface area contributed by atoms with Crippen LogP contribution in [0.2, 0.25) is 0 Å². The van der Waals surface area contributed by atoms with Gasteiger partial charge in [-0.05, 0) is 43.4 Å². The van der Waals surface area contributed by atoms with E-state index in [0.29, 0.717) is 27.8 Å². The number of hydrogen-bond donors (Lipinski definition) is 1. The fourth-order valence-electron chi connectivity index (χ4n) is 3.35. The number of nitriles is 1. The van der Waals surface area contributed by atoms with Gasteiger partial charge in [-0.2, -0.15) is 5.26 Å². The van der Waals surface area contributed by atoms with Crippen LogP contribution in [0.1, 0.15) is 39.2 Å². The highest BCUT2D eigenvalue weighted by Gasteiger charge is 2.23. The van der Waals surface area contributed by atoms with Gasteiger partial charge in [0.1, 0.15) is 11.1 Å². The fraction of sp³-hybridized carbons (Fsp3) is 0.381. The third-order valence-electron chi connectivity index (χ3n) is 4.77. The second-order valence-corrected chi connectivity index (χ2v) is 7.67. The molecule has 1 aliphatic carbocycles. The molecule has 0 unspecified atom stereocenters. The summed E-state index contributed by atoms with van der Waals surface area (Å²) in [6.45, 7) is -0.483. The molecule has 9 heteroatoms. The van der Waals surface area contributed by atoms with E-state index in [0.717, 1.165) is 36.1 Å². The van der Waals surface area contributed by atoms with Crippen molar-refractivity contribution in [3.63, 3.8) is 0 Å². The smallest absolute Gasteiger partial charge is 0.338 e. The van der Waals surface area contributed by atoms with Crippen molar-refractivity contribution < 1.29 is 28.5 Å². The molecule has 30 heavy (non-hydrogen) atoms. The van der Waals surface area contributed by atoms with Gasteiger partial charge in [0.25, 0.3) is 5.91 Å². The average Bonchev–Trinajstić information content (AvgIpc) is 3.12. The summed E-state index contributed by atoms with van der Waals surface area (Å²) < 4.78 is 20.8. The number of aryl methyl sites for hydroxylation is 1. The van der Waals surface area contributed by atoms with Gasteiger partial charge >= 0.3 is 5.97 Å². The monoisotopic (exact) mass is 430 g/mol. The maximum Gasteiger partial charge on any atom is 0.338 e. The number of ether oxygens (including phenoxy) is 4. The number of nitrogens with one attached hydrogen (secondary N) is 1. The number of rotatable bonds is 7. The Bertz CT molecular complexity index is 983. The highest BCUT2D eigenvalue weighted by Crippen LogP contribution is 2.39. The zero-order valence-corrected chi connectivity index (χ0v) is 17.8. The van der Waals surface area contributed by atoms with Gasteiger partial charge in [-0.1, -0.05) is 0 Å². The summed E-state index contributed by atoms with van der Waals surface area (Å²) in [5.41, 5.74) is 1.69. The number of amides is 1. The van der Waals surface area contributed by atoms with Crippen molar-refractivity contribution in [1.29, 1.82) is 5.26 Å². The minimum atomic E-state index is -0.713. The molecule has 1 aromatic heterocycles. The van der Waals surface area contributed by atoms with E-state index >= 15 is 0 Å². The van der Waals surface area contributed by atoms with Crippen LogP contribution in [0, 0.1) is 11.3 Å². The van der Waals surface area contributed by atoms with E-state index < -0.39 is 18.5 Å². The molecule has 0 aliphatic heterocycles. The lowest BCUT2D eigenvalue weighted by Gasteiger charge is -2.13. The molecule has 8 nitrogen and oxygen atoms in total. The van der Waals surface area contributed by atoms with E-state index in [1.807, 2.05) is 0 Å². The van der Waals surface area contributed by atoms with Gasteiger partial charge in [-0.25, -0.2) is 4.79 Å². The lowest BCUT2D eigenvalue weighted by Crippen LogP contribution is -2.21. The van der Waals surface area contributed by atoms with E-state index in [1.165, 1.54) is 44.8 Å². The quantitative estimate of drug-likeness (QED) is 0.672. The molecule has 0 spiro atoms. The van der Waals surface area contributed by atoms with Crippen molar-refractivity contribution in [2.45, 2.75) is 25.7 Å².